The SMILES string of the molecule is CSCCC(NC(=O)C(N)C(C)O)C(=O)NC(C(=O)N1CCCC1C(=O)O)C(C)O. The molecule has 0 radical (unpaired) electrons. The van der Waals surface area contributed by atoms with Crippen LogP contribution in [0.15, 0.2) is 0 Å². The molecule has 6 atom stereocenters. The van der Waals surface area contributed by atoms with Crippen molar-refractivity contribution in [1.82, 2.24) is 15.5 Å². The van der Waals surface area contributed by atoms with Gasteiger partial charge < -0.3 is 36.6 Å². The fraction of sp³-hybridized carbons (Fsp3) is 0.778. The molecule has 0 aromatic heterocycles. The summed E-state index contributed by atoms with van der Waals surface area (Å²) >= 11 is 1.44. The van der Waals surface area contributed by atoms with Gasteiger partial charge in [0.05, 0.1) is 12.2 Å². The number of likely N-dealkylation sites (tertiary alicyclic amines) is 1. The molecule has 0 saturated carbocycles. The van der Waals surface area contributed by atoms with Crippen molar-refractivity contribution in [2.75, 3.05) is 18.6 Å². The predicted molar refractivity (Wildman–Crippen MR) is 111 cm³/mol. The van der Waals surface area contributed by atoms with Gasteiger partial charge in [-0.15, -0.1) is 0 Å². The second kappa shape index (κ2) is 12.1. The number of carboxylic acids is 1. The summed E-state index contributed by atoms with van der Waals surface area (Å²) < 4.78 is 0. The Bertz CT molecular complexity index is 632. The maximum Gasteiger partial charge on any atom is 0.326 e. The average Bonchev–Trinajstić information content (AvgIpc) is 3.17. The predicted octanol–water partition coefficient (Wildman–Crippen LogP) is -2.13. The first-order valence-electron chi connectivity index (χ1n) is 9.75. The smallest absolute Gasteiger partial charge is 0.326 e. The van der Waals surface area contributed by atoms with Gasteiger partial charge in [-0.3, -0.25) is 14.4 Å². The van der Waals surface area contributed by atoms with Gasteiger partial charge in [0.1, 0.15) is 24.2 Å². The van der Waals surface area contributed by atoms with Gasteiger partial charge in [0.2, 0.25) is 17.7 Å². The van der Waals surface area contributed by atoms with E-state index in [1.807, 2.05) is 6.26 Å². The van der Waals surface area contributed by atoms with Crippen LogP contribution in [-0.2, 0) is 19.2 Å². The lowest BCUT2D eigenvalue weighted by molar-refractivity contribution is -0.150. The van der Waals surface area contributed by atoms with E-state index in [9.17, 15) is 34.5 Å². The summed E-state index contributed by atoms with van der Waals surface area (Å²) in [7, 11) is 0. The number of rotatable bonds is 11. The summed E-state index contributed by atoms with van der Waals surface area (Å²) in [5.41, 5.74) is 5.61. The second-order valence-electron chi connectivity index (χ2n) is 7.36. The lowest BCUT2D eigenvalue weighted by Crippen LogP contribution is -2.60. The topological polar surface area (TPSA) is 182 Å². The molecule has 30 heavy (non-hydrogen) atoms. The van der Waals surface area contributed by atoms with Crippen molar-refractivity contribution >= 4 is 35.5 Å². The molecule has 1 aliphatic heterocycles. The summed E-state index contributed by atoms with van der Waals surface area (Å²) in [6.07, 6.45) is 0.447. The van der Waals surface area contributed by atoms with Crippen LogP contribution in [0.4, 0.5) is 0 Å². The highest BCUT2D eigenvalue weighted by Gasteiger charge is 2.40. The molecule has 1 rings (SSSR count). The summed E-state index contributed by atoms with van der Waals surface area (Å²) in [6, 6.07) is -4.65. The summed E-state index contributed by atoms with van der Waals surface area (Å²) in [6.45, 7) is 2.87. The maximum absolute atomic E-state index is 12.8. The molecule has 0 aliphatic carbocycles. The van der Waals surface area contributed by atoms with Crippen LogP contribution in [0, 0.1) is 0 Å². The summed E-state index contributed by atoms with van der Waals surface area (Å²) in [4.78, 5) is 50.3. The number of nitrogens with two attached hydrogens (primary N) is 1. The van der Waals surface area contributed by atoms with Gasteiger partial charge in [0.25, 0.3) is 0 Å². The van der Waals surface area contributed by atoms with E-state index in [1.54, 1.807) is 0 Å². The zero-order valence-electron chi connectivity index (χ0n) is 17.4. The van der Waals surface area contributed by atoms with Crippen LogP contribution in [0.1, 0.15) is 33.1 Å². The monoisotopic (exact) mass is 448 g/mol. The number of carboxylic acid groups (broad SMARTS) is 1. The van der Waals surface area contributed by atoms with E-state index >= 15 is 0 Å². The first-order valence-corrected chi connectivity index (χ1v) is 11.1. The first-order chi connectivity index (χ1) is 14.0. The number of hydrogen-bond acceptors (Lipinski definition) is 8. The molecule has 1 fully saturated rings. The van der Waals surface area contributed by atoms with E-state index < -0.39 is 60.1 Å². The van der Waals surface area contributed by atoms with E-state index in [0.717, 1.165) is 4.90 Å². The summed E-state index contributed by atoms with van der Waals surface area (Å²) in [5.74, 6) is -2.76. The Hall–Kier alpha value is -1.89. The third-order valence-corrected chi connectivity index (χ3v) is 5.58. The lowest BCUT2D eigenvalue weighted by Gasteiger charge is -2.30. The standard InChI is InChI=1S/C18H32N4O7S/c1-9(23)13(19)16(26)20-11(6-8-30-3)15(25)21-14(10(2)24)17(27)22-7-4-5-12(22)18(28)29/h9-14,23-24H,4-8,19H2,1-3H3,(H,20,26)(H,21,25)(H,28,29). The fourth-order valence-corrected chi connectivity index (χ4v) is 3.57. The van der Waals surface area contributed by atoms with Crippen LogP contribution in [0.25, 0.3) is 0 Å². The number of carbonyl (C=O) groups excluding carboxylic acids is 3. The maximum atomic E-state index is 12.8. The second-order valence-corrected chi connectivity index (χ2v) is 8.35. The van der Waals surface area contributed by atoms with Crippen molar-refractivity contribution < 1.29 is 34.5 Å². The molecule has 0 aromatic rings. The zero-order chi connectivity index (χ0) is 23.0. The molecule has 0 aromatic carbocycles. The highest BCUT2D eigenvalue weighted by molar-refractivity contribution is 7.98. The minimum atomic E-state index is -1.36. The van der Waals surface area contributed by atoms with Gasteiger partial charge in [-0.2, -0.15) is 11.8 Å². The van der Waals surface area contributed by atoms with E-state index in [1.165, 1.54) is 25.6 Å². The Kier molecular flexibility index (Phi) is 10.5. The fourth-order valence-electron chi connectivity index (χ4n) is 3.10. The number of nitrogens with zero attached hydrogens (tertiary/aromatic N) is 1. The van der Waals surface area contributed by atoms with Gasteiger partial charge in [-0.1, -0.05) is 0 Å². The Balaban J connectivity index is 2.94. The molecule has 172 valence electrons. The first kappa shape index (κ1) is 26.1. The number of aliphatic hydroxyl groups excluding tert-OH is 2. The van der Waals surface area contributed by atoms with Crippen molar-refractivity contribution in [1.29, 1.82) is 0 Å². The molecule has 0 spiro atoms. The summed E-state index contributed by atoms with van der Waals surface area (Å²) in [5, 5.41) is 33.7. The van der Waals surface area contributed by atoms with Crippen molar-refractivity contribution in [3.63, 3.8) is 0 Å². The molecule has 7 N–H and O–H groups in total. The third-order valence-electron chi connectivity index (χ3n) is 4.93. The molecule has 1 heterocycles. The Morgan fingerprint density at radius 3 is 2.27 bits per heavy atom. The highest BCUT2D eigenvalue weighted by Crippen LogP contribution is 2.19. The molecule has 3 amide bonds. The Morgan fingerprint density at radius 2 is 1.77 bits per heavy atom. The largest absolute Gasteiger partial charge is 0.480 e. The van der Waals surface area contributed by atoms with Crippen molar-refractivity contribution in [2.45, 2.75) is 69.5 Å². The van der Waals surface area contributed by atoms with Gasteiger partial charge in [-0.05, 0) is 45.1 Å². The minimum absolute atomic E-state index is 0.213. The van der Waals surface area contributed by atoms with Crippen LogP contribution >= 0.6 is 11.8 Å². The molecule has 6 unspecified atom stereocenters. The molecule has 0 bridgehead atoms. The molecule has 1 saturated heterocycles. The number of amides is 3. The number of nitrogens with one attached hydrogen (secondary N) is 2. The minimum Gasteiger partial charge on any atom is -0.480 e. The normalized spacial score (nSPS) is 21.3. The Morgan fingerprint density at radius 1 is 1.13 bits per heavy atom. The lowest BCUT2D eigenvalue weighted by atomic mass is 10.1. The van der Waals surface area contributed by atoms with Crippen molar-refractivity contribution in [2.24, 2.45) is 5.73 Å². The average molecular weight is 449 g/mol. The number of aliphatic hydroxyl groups is 2. The number of carbonyl (C=O) groups is 4. The Labute approximate surface area is 179 Å². The van der Waals surface area contributed by atoms with E-state index in [2.05, 4.69) is 10.6 Å². The van der Waals surface area contributed by atoms with Gasteiger partial charge in [0, 0.05) is 6.54 Å². The number of hydrogen-bond donors (Lipinski definition) is 6. The van der Waals surface area contributed by atoms with E-state index in [-0.39, 0.29) is 13.0 Å². The van der Waals surface area contributed by atoms with Crippen molar-refractivity contribution in [3.05, 3.63) is 0 Å². The van der Waals surface area contributed by atoms with Gasteiger partial charge in [-0.25, -0.2) is 4.79 Å². The van der Waals surface area contributed by atoms with E-state index in [4.69, 9.17) is 5.73 Å². The van der Waals surface area contributed by atoms with Crippen LogP contribution in [0.2, 0.25) is 0 Å². The number of aliphatic carboxylic acids is 1. The van der Waals surface area contributed by atoms with Crippen LogP contribution in [-0.4, -0.2) is 98.8 Å². The van der Waals surface area contributed by atoms with Crippen LogP contribution in [0.3, 0.4) is 0 Å². The highest BCUT2D eigenvalue weighted by atomic mass is 32.2. The zero-order valence-corrected chi connectivity index (χ0v) is 18.2. The molecule has 11 nitrogen and oxygen atoms in total. The third kappa shape index (κ3) is 7.11. The quantitative estimate of drug-likeness (QED) is 0.206. The van der Waals surface area contributed by atoms with Crippen molar-refractivity contribution in [3.8, 4) is 0 Å². The van der Waals surface area contributed by atoms with Crippen LogP contribution in [0.5, 0.6) is 0 Å². The van der Waals surface area contributed by atoms with E-state index in [0.29, 0.717) is 18.6 Å². The molecular formula is C18H32N4O7S. The van der Waals surface area contributed by atoms with Gasteiger partial charge >= 0.3 is 5.97 Å². The number of thioether (sulfide) groups is 1. The molecular weight excluding hydrogens is 416 g/mol. The molecule has 1 aliphatic rings. The van der Waals surface area contributed by atoms with Crippen LogP contribution < -0.4 is 16.4 Å². The van der Waals surface area contributed by atoms with Gasteiger partial charge in [0.15, 0.2) is 0 Å². The molecule has 12 heteroatoms.